The Labute approximate surface area is 251 Å². The summed E-state index contributed by atoms with van der Waals surface area (Å²) in [5.41, 5.74) is -5.45. The predicted molar refractivity (Wildman–Crippen MR) is 160 cm³/mol. The van der Waals surface area contributed by atoms with Crippen LogP contribution < -0.4 is 0 Å². The number of Topliss-reactive ketones (excluding diaryl/α,β-unsaturated/α-hetero) is 1. The molecule has 0 saturated heterocycles. The lowest BCUT2D eigenvalue weighted by Crippen LogP contribution is -2.65. The second kappa shape index (κ2) is 13.3. The van der Waals surface area contributed by atoms with Crippen molar-refractivity contribution in [2.45, 2.75) is 143 Å². The summed E-state index contributed by atoms with van der Waals surface area (Å²) in [5, 5.41) is 35.4. The number of hydrogen-bond donors (Lipinski definition) is 3. The minimum absolute atomic E-state index is 0.162. The monoisotopic (exact) mass is 590 g/mol. The highest BCUT2D eigenvalue weighted by atomic mass is 16.6. The molecule has 8 heteroatoms. The van der Waals surface area contributed by atoms with Gasteiger partial charge in [0, 0.05) is 24.2 Å². The molecule has 42 heavy (non-hydrogen) atoms. The average molecular weight is 591 g/mol. The summed E-state index contributed by atoms with van der Waals surface area (Å²) in [6.45, 7) is 12.9. The van der Waals surface area contributed by atoms with Crippen LogP contribution in [0.4, 0.5) is 0 Å². The van der Waals surface area contributed by atoms with Crippen molar-refractivity contribution < 1.29 is 39.2 Å². The normalized spacial score (nSPS) is 35.4. The van der Waals surface area contributed by atoms with Gasteiger partial charge in [0.05, 0.1) is 5.41 Å². The van der Waals surface area contributed by atoms with Crippen molar-refractivity contribution in [3.63, 3.8) is 0 Å². The van der Waals surface area contributed by atoms with E-state index in [1.807, 2.05) is 34.6 Å². The standard InChI is InChI=1S/C34H54O8/c1-8-10-12-13-15-17-27(36)42-32(7)20-23(4)33-19-22(3)28(37)34(33,40)29(38)24(18-25(30(33)39)31(32,5)6)21-41-26(35)16-14-11-9-2/h18-19,23,25,28-29,37-38,40H,8-17,20-21H2,1-7H3/t23-,25?,28?,29?,32-,33?,34?/m1/s1. The average Bonchev–Trinajstić information content (AvgIpc) is 3.08. The number of ketones is 1. The molecule has 0 heterocycles. The summed E-state index contributed by atoms with van der Waals surface area (Å²) in [4.78, 5) is 40.4. The molecule has 3 rings (SSSR count). The van der Waals surface area contributed by atoms with Crippen molar-refractivity contribution in [2.75, 3.05) is 6.61 Å². The lowest BCUT2D eigenvalue weighted by atomic mass is 9.59. The Morgan fingerprint density at radius 2 is 1.50 bits per heavy atom. The van der Waals surface area contributed by atoms with Crippen molar-refractivity contribution in [1.29, 1.82) is 0 Å². The van der Waals surface area contributed by atoms with Gasteiger partial charge >= 0.3 is 11.9 Å². The summed E-state index contributed by atoms with van der Waals surface area (Å²) in [5.74, 6) is -2.61. The molecule has 8 nitrogen and oxygen atoms in total. The fraction of sp³-hybridized carbons (Fsp3) is 0.794. The Bertz CT molecular complexity index is 1080. The van der Waals surface area contributed by atoms with Crippen LogP contribution in [0.3, 0.4) is 0 Å². The number of ether oxygens (including phenoxy) is 2. The van der Waals surface area contributed by atoms with Gasteiger partial charge in [0.25, 0.3) is 0 Å². The predicted octanol–water partition coefficient (Wildman–Crippen LogP) is 5.36. The van der Waals surface area contributed by atoms with Gasteiger partial charge in [0.1, 0.15) is 30.0 Å². The molecule has 2 bridgehead atoms. The van der Waals surface area contributed by atoms with Crippen LogP contribution in [0, 0.1) is 22.7 Å². The third kappa shape index (κ3) is 5.88. The first-order valence-electron chi connectivity index (χ1n) is 16.0. The Hall–Kier alpha value is -2.03. The molecule has 238 valence electrons. The van der Waals surface area contributed by atoms with Crippen LogP contribution in [0.5, 0.6) is 0 Å². The van der Waals surface area contributed by atoms with Gasteiger partial charge in [-0.1, -0.05) is 85.3 Å². The molecule has 0 radical (unpaired) electrons. The van der Waals surface area contributed by atoms with Crippen molar-refractivity contribution in [3.05, 3.63) is 23.3 Å². The van der Waals surface area contributed by atoms with E-state index in [1.54, 1.807) is 19.1 Å². The summed E-state index contributed by atoms with van der Waals surface area (Å²) < 4.78 is 11.8. The number of unbranched alkanes of at least 4 members (excludes halogenated alkanes) is 6. The van der Waals surface area contributed by atoms with Gasteiger partial charge in [-0.05, 0) is 50.2 Å². The lowest BCUT2D eigenvalue weighted by molar-refractivity contribution is -0.192. The Balaban J connectivity index is 2.04. The SMILES string of the molecule is CCCCCCCC(=O)O[C@]1(C)C[C@@H](C)C23C=C(C)C(O)C2(O)C(O)C(COC(=O)CCCCC)=CC(C3=O)C1(C)C. The maximum atomic E-state index is 14.7. The molecule has 0 aromatic heterocycles. The summed E-state index contributed by atoms with van der Waals surface area (Å²) in [6, 6.07) is 0. The zero-order valence-corrected chi connectivity index (χ0v) is 26.8. The van der Waals surface area contributed by atoms with Gasteiger partial charge in [0.15, 0.2) is 5.78 Å². The first kappa shape index (κ1) is 34.5. The fourth-order valence-corrected chi connectivity index (χ4v) is 7.58. The van der Waals surface area contributed by atoms with E-state index in [2.05, 4.69) is 6.92 Å². The minimum Gasteiger partial charge on any atom is -0.461 e. The number of esters is 2. The second-order valence-electron chi connectivity index (χ2n) is 13.8. The van der Waals surface area contributed by atoms with E-state index in [-0.39, 0.29) is 43.2 Å². The van der Waals surface area contributed by atoms with E-state index in [9.17, 15) is 29.7 Å². The quantitative estimate of drug-likeness (QED) is 0.148. The molecule has 5 unspecified atom stereocenters. The van der Waals surface area contributed by atoms with E-state index in [4.69, 9.17) is 9.47 Å². The van der Waals surface area contributed by atoms with Gasteiger partial charge in [-0.25, -0.2) is 0 Å². The van der Waals surface area contributed by atoms with Crippen LogP contribution in [0.2, 0.25) is 0 Å². The zero-order valence-electron chi connectivity index (χ0n) is 26.8. The molecular formula is C34H54O8. The number of carbonyl (C=O) groups is 3. The van der Waals surface area contributed by atoms with E-state index < -0.39 is 52.0 Å². The molecule has 0 aromatic carbocycles. The third-order valence-electron chi connectivity index (χ3n) is 10.6. The van der Waals surface area contributed by atoms with Crippen molar-refractivity contribution >= 4 is 17.7 Å². The van der Waals surface area contributed by atoms with Gasteiger partial charge < -0.3 is 24.8 Å². The number of carbonyl (C=O) groups excluding carboxylic acids is 3. The van der Waals surface area contributed by atoms with Crippen LogP contribution in [-0.4, -0.2) is 63.1 Å². The molecule has 1 saturated carbocycles. The second-order valence-corrected chi connectivity index (χ2v) is 13.8. The van der Waals surface area contributed by atoms with E-state index >= 15 is 0 Å². The van der Waals surface area contributed by atoms with Gasteiger partial charge in [0.2, 0.25) is 0 Å². The molecule has 1 fully saturated rings. The highest BCUT2D eigenvalue weighted by Crippen LogP contribution is 2.63. The van der Waals surface area contributed by atoms with E-state index in [1.165, 1.54) is 0 Å². The van der Waals surface area contributed by atoms with Crippen LogP contribution >= 0.6 is 0 Å². The number of aliphatic hydroxyl groups excluding tert-OH is 2. The molecular weight excluding hydrogens is 536 g/mol. The topological polar surface area (TPSA) is 130 Å². The smallest absolute Gasteiger partial charge is 0.306 e. The highest BCUT2D eigenvalue weighted by Gasteiger charge is 2.73. The third-order valence-corrected chi connectivity index (χ3v) is 10.6. The van der Waals surface area contributed by atoms with Gasteiger partial charge in [-0.3, -0.25) is 14.4 Å². The summed E-state index contributed by atoms with van der Waals surface area (Å²) in [6.07, 6.45) is 8.28. The molecule has 0 aromatic rings. The van der Waals surface area contributed by atoms with E-state index in [0.717, 1.165) is 44.9 Å². The first-order chi connectivity index (χ1) is 19.6. The molecule has 3 aliphatic rings. The molecule has 7 atom stereocenters. The molecule has 0 aliphatic heterocycles. The molecule has 3 aliphatic carbocycles. The lowest BCUT2D eigenvalue weighted by Gasteiger charge is -2.48. The maximum absolute atomic E-state index is 14.7. The van der Waals surface area contributed by atoms with Crippen molar-refractivity contribution in [3.8, 4) is 0 Å². The highest BCUT2D eigenvalue weighted by molar-refractivity contribution is 5.95. The fourth-order valence-electron chi connectivity index (χ4n) is 7.58. The Morgan fingerprint density at radius 3 is 2.14 bits per heavy atom. The van der Waals surface area contributed by atoms with Crippen molar-refractivity contribution in [2.24, 2.45) is 22.7 Å². The van der Waals surface area contributed by atoms with Crippen LogP contribution in [0.25, 0.3) is 0 Å². The number of allylic oxidation sites excluding steroid dienone is 1. The van der Waals surface area contributed by atoms with Crippen LogP contribution in [-0.2, 0) is 23.9 Å². The largest absolute Gasteiger partial charge is 0.461 e. The summed E-state index contributed by atoms with van der Waals surface area (Å²) >= 11 is 0. The van der Waals surface area contributed by atoms with Crippen LogP contribution in [0.1, 0.15) is 119 Å². The van der Waals surface area contributed by atoms with Crippen LogP contribution in [0.15, 0.2) is 23.3 Å². The van der Waals surface area contributed by atoms with Gasteiger partial charge in [-0.15, -0.1) is 0 Å². The maximum Gasteiger partial charge on any atom is 0.306 e. The van der Waals surface area contributed by atoms with E-state index in [0.29, 0.717) is 12.0 Å². The number of aliphatic hydroxyl groups is 3. The first-order valence-corrected chi connectivity index (χ1v) is 16.0. The number of rotatable bonds is 13. The number of fused-ring (bicyclic) bond motifs is 1. The van der Waals surface area contributed by atoms with Crippen molar-refractivity contribution in [1.82, 2.24) is 0 Å². The zero-order chi connectivity index (χ0) is 31.5. The Morgan fingerprint density at radius 1 is 0.929 bits per heavy atom. The number of hydrogen-bond acceptors (Lipinski definition) is 8. The van der Waals surface area contributed by atoms with Gasteiger partial charge in [-0.2, -0.15) is 0 Å². The molecule has 1 spiro atoms. The molecule has 0 amide bonds. The minimum atomic E-state index is -2.28. The molecule has 3 N–H and O–H groups in total. The Kier molecular flexibility index (Phi) is 10.9. The summed E-state index contributed by atoms with van der Waals surface area (Å²) in [7, 11) is 0.